The Balaban J connectivity index is 2.02. The van der Waals surface area contributed by atoms with Crippen molar-refractivity contribution in [3.63, 3.8) is 0 Å². The van der Waals surface area contributed by atoms with Crippen LogP contribution in [0.2, 0.25) is 0 Å². The molecule has 2 heterocycles. The van der Waals surface area contributed by atoms with Crippen LogP contribution in [0.25, 0.3) is 0 Å². The van der Waals surface area contributed by atoms with Crippen LogP contribution in [0.1, 0.15) is 12.0 Å². The van der Waals surface area contributed by atoms with Crippen molar-refractivity contribution in [1.82, 2.24) is 10.3 Å². The normalized spacial score (nSPS) is 19.4. The zero-order valence-electron chi connectivity index (χ0n) is 9.48. The lowest BCUT2D eigenvalue weighted by atomic mass is 10.1. The topological polar surface area (TPSA) is 52.0 Å². The van der Waals surface area contributed by atoms with E-state index in [0.29, 0.717) is 11.5 Å². The van der Waals surface area contributed by atoms with E-state index in [1.54, 1.807) is 12.3 Å². The lowest BCUT2D eigenvalue weighted by Gasteiger charge is -2.21. The number of aromatic nitrogens is 1. The van der Waals surface area contributed by atoms with Crippen molar-refractivity contribution in [1.29, 1.82) is 5.26 Å². The van der Waals surface area contributed by atoms with Gasteiger partial charge in [-0.05, 0) is 37.6 Å². The Hall–Kier alpha value is -1.60. The number of nitrogens with one attached hydrogen (secondary N) is 1. The second kappa shape index (κ2) is 4.95. The van der Waals surface area contributed by atoms with Crippen molar-refractivity contribution in [3.05, 3.63) is 23.9 Å². The number of hydrogen-bond acceptors (Lipinski definition) is 4. The van der Waals surface area contributed by atoms with E-state index in [1.165, 1.54) is 6.42 Å². The summed E-state index contributed by atoms with van der Waals surface area (Å²) in [6.07, 6.45) is 2.92. The zero-order valence-corrected chi connectivity index (χ0v) is 9.48. The summed E-state index contributed by atoms with van der Waals surface area (Å²) in [5.41, 5.74) is 0.668. The minimum absolute atomic E-state index is 0.668. The van der Waals surface area contributed by atoms with Crippen LogP contribution in [0.4, 0.5) is 5.82 Å². The maximum Gasteiger partial charge on any atom is 0.129 e. The number of hydrogen-bond donors (Lipinski definition) is 1. The molecule has 0 bridgehead atoms. The van der Waals surface area contributed by atoms with E-state index in [1.807, 2.05) is 13.1 Å². The third-order valence-corrected chi connectivity index (χ3v) is 2.96. The van der Waals surface area contributed by atoms with E-state index in [4.69, 9.17) is 5.26 Å². The summed E-state index contributed by atoms with van der Waals surface area (Å²) < 4.78 is 0. The van der Waals surface area contributed by atoms with Crippen molar-refractivity contribution >= 4 is 5.82 Å². The van der Waals surface area contributed by atoms with Crippen molar-refractivity contribution in [2.75, 3.05) is 31.6 Å². The first-order valence-electron chi connectivity index (χ1n) is 5.57. The molecule has 84 valence electrons. The van der Waals surface area contributed by atoms with Gasteiger partial charge in [-0.15, -0.1) is 0 Å². The van der Waals surface area contributed by atoms with Crippen LogP contribution in [0.15, 0.2) is 18.3 Å². The fourth-order valence-electron chi connectivity index (χ4n) is 2.05. The van der Waals surface area contributed by atoms with Gasteiger partial charge in [-0.25, -0.2) is 4.98 Å². The van der Waals surface area contributed by atoms with Gasteiger partial charge in [-0.3, -0.25) is 0 Å². The third-order valence-electron chi connectivity index (χ3n) is 2.96. The van der Waals surface area contributed by atoms with Crippen molar-refractivity contribution in [3.8, 4) is 6.07 Å². The van der Waals surface area contributed by atoms with E-state index in [2.05, 4.69) is 21.3 Å². The highest BCUT2D eigenvalue weighted by molar-refractivity contribution is 5.44. The summed E-state index contributed by atoms with van der Waals surface area (Å²) >= 11 is 0. The van der Waals surface area contributed by atoms with Gasteiger partial charge in [-0.1, -0.05) is 0 Å². The highest BCUT2D eigenvalue weighted by Crippen LogP contribution is 2.15. The molecule has 0 aliphatic carbocycles. The van der Waals surface area contributed by atoms with E-state index in [0.717, 1.165) is 25.5 Å². The van der Waals surface area contributed by atoms with Crippen LogP contribution in [-0.4, -0.2) is 31.7 Å². The van der Waals surface area contributed by atoms with Gasteiger partial charge in [0, 0.05) is 19.8 Å². The van der Waals surface area contributed by atoms with E-state index in [9.17, 15) is 0 Å². The summed E-state index contributed by atoms with van der Waals surface area (Å²) in [7, 11) is 2.03. The molecular formula is C12H16N4. The molecule has 2 rings (SSSR count). The molecule has 0 spiro atoms. The molecule has 4 heteroatoms. The molecule has 0 unspecified atom stereocenters. The monoisotopic (exact) mass is 216 g/mol. The number of nitriles is 1. The standard InChI is InChI=1S/C12H16N4/c1-16(9-11-2-4-14-8-11)12-6-10(7-13)3-5-15-12/h3,5-6,11,14H,2,4,8-9H2,1H3/t11-/m0/s1. The Bertz CT molecular complexity index is 390. The lowest BCUT2D eigenvalue weighted by Crippen LogP contribution is -2.27. The number of nitrogens with zero attached hydrogens (tertiary/aromatic N) is 3. The fourth-order valence-corrected chi connectivity index (χ4v) is 2.05. The van der Waals surface area contributed by atoms with Crippen LogP contribution in [0.3, 0.4) is 0 Å². The largest absolute Gasteiger partial charge is 0.359 e. The molecule has 1 aromatic rings. The second-order valence-electron chi connectivity index (χ2n) is 4.25. The first-order valence-corrected chi connectivity index (χ1v) is 5.57. The van der Waals surface area contributed by atoms with Gasteiger partial charge in [0.15, 0.2) is 0 Å². The van der Waals surface area contributed by atoms with E-state index < -0.39 is 0 Å². The molecule has 1 atom stereocenters. The molecule has 1 fully saturated rings. The van der Waals surface area contributed by atoms with Crippen LogP contribution in [0, 0.1) is 17.2 Å². The van der Waals surface area contributed by atoms with Crippen LogP contribution >= 0.6 is 0 Å². The smallest absolute Gasteiger partial charge is 0.129 e. The molecule has 1 saturated heterocycles. The quantitative estimate of drug-likeness (QED) is 0.819. The van der Waals surface area contributed by atoms with Crippen LogP contribution in [0.5, 0.6) is 0 Å². The average Bonchev–Trinajstić information content (AvgIpc) is 2.82. The molecule has 0 amide bonds. The third kappa shape index (κ3) is 2.50. The Labute approximate surface area is 95.9 Å². The number of pyridine rings is 1. The Morgan fingerprint density at radius 3 is 3.25 bits per heavy atom. The molecule has 1 N–H and O–H groups in total. The Kier molecular flexibility index (Phi) is 3.37. The van der Waals surface area contributed by atoms with Crippen LogP contribution in [-0.2, 0) is 0 Å². The number of anilines is 1. The van der Waals surface area contributed by atoms with Gasteiger partial charge >= 0.3 is 0 Å². The maximum atomic E-state index is 8.82. The van der Waals surface area contributed by atoms with Crippen LogP contribution < -0.4 is 10.2 Å². The molecule has 0 radical (unpaired) electrons. The predicted octanol–water partition coefficient (Wildman–Crippen LogP) is 0.999. The molecule has 0 saturated carbocycles. The minimum Gasteiger partial charge on any atom is -0.359 e. The first kappa shape index (κ1) is 10.9. The average molecular weight is 216 g/mol. The van der Waals surface area contributed by atoms with Gasteiger partial charge in [0.25, 0.3) is 0 Å². The maximum absolute atomic E-state index is 8.82. The van der Waals surface area contributed by atoms with Crippen molar-refractivity contribution < 1.29 is 0 Å². The summed E-state index contributed by atoms with van der Waals surface area (Å²) in [6, 6.07) is 5.70. The molecular weight excluding hydrogens is 200 g/mol. The highest BCUT2D eigenvalue weighted by atomic mass is 15.2. The van der Waals surface area contributed by atoms with E-state index >= 15 is 0 Å². The Morgan fingerprint density at radius 1 is 1.69 bits per heavy atom. The second-order valence-corrected chi connectivity index (χ2v) is 4.25. The lowest BCUT2D eigenvalue weighted by molar-refractivity contribution is 0.576. The molecule has 16 heavy (non-hydrogen) atoms. The minimum atomic E-state index is 0.668. The molecule has 0 aromatic carbocycles. The van der Waals surface area contributed by atoms with Gasteiger partial charge in [-0.2, -0.15) is 5.26 Å². The molecule has 4 nitrogen and oxygen atoms in total. The van der Waals surface area contributed by atoms with E-state index in [-0.39, 0.29) is 0 Å². The number of rotatable bonds is 3. The molecule has 1 aromatic heterocycles. The molecule has 1 aliphatic rings. The van der Waals surface area contributed by atoms with Gasteiger partial charge in [0.05, 0.1) is 11.6 Å². The van der Waals surface area contributed by atoms with Gasteiger partial charge < -0.3 is 10.2 Å². The summed E-state index contributed by atoms with van der Waals surface area (Å²) in [5, 5.41) is 12.2. The van der Waals surface area contributed by atoms with Gasteiger partial charge in [0.1, 0.15) is 5.82 Å². The zero-order chi connectivity index (χ0) is 11.4. The van der Waals surface area contributed by atoms with Crippen molar-refractivity contribution in [2.24, 2.45) is 5.92 Å². The first-order chi connectivity index (χ1) is 7.79. The summed E-state index contributed by atoms with van der Waals surface area (Å²) in [6.45, 7) is 3.20. The summed E-state index contributed by atoms with van der Waals surface area (Å²) in [4.78, 5) is 6.41. The predicted molar refractivity (Wildman–Crippen MR) is 63.2 cm³/mol. The van der Waals surface area contributed by atoms with Gasteiger partial charge in [0.2, 0.25) is 0 Å². The molecule has 1 aliphatic heterocycles. The van der Waals surface area contributed by atoms with Crippen molar-refractivity contribution in [2.45, 2.75) is 6.42 Å². The SMILES string of the molecule is CN(C[C@H]1CCNC1)c1cc(C#N)ccn1. The highest BCUT2D eigenvalue weighted by Gasteiger charge is 2.17. The fraction of sp³-hybridized carbons (Fsp3) is 0.500. The summed E-state index contributed by atoms with van der Waals surface area (Å²) in [5.74, 6) is 1.57. The Morgan fingerprint density at radius 2 is 2.56 bits per heavy atom.